The van der Waals surface area contributed by atoms with Gasteiger partial charge in [0.25, 0.3) is 0 Å². The van der Waals surface area contributed by atoms with Crippen molar-refractivity contribution in [3.8, 4) is 5.88 Å². The normalized spacial score (nSPS) is 10.3. The van der Waals surface area contributed by atoms with Crippen LogP contribution < -0.4 is 4.74 Å². The molecular formula is C9H10ClNO3. The number of aromatic carboxylic acids is 1. The average molecular weight is 216 g/mol. The van der Waals surface area contributed by atoms with Crippen molar-refractivity contribution in [3.05, 3.63) is 22.8 Å². The number of rotatable bonds is 3. The highest BCUT2D eigenvalue weighted by Crippen LogP contribution is 2.26. The molecule has 0 amide bonds. The minimum Gasteiger partial charge on any atom is -0.478 e. The third-order valence-electron chi connectivity index (χ3n) is 1.43. The molecule has 4 nitrogen and oxygen atoms in total. The summed E-state index contributed by atoms with van der Waals surface area (Å²) in [6.45, 7) is 3.62. The van der Waals surface area contributed by atoms with Gasteiger partial charge in [0.1, 0.15) is 5.02 Å². The molecule has 0 saturated heterocycles. The van der Waals surface area contributed by atoms with E-state index in [-0.39, 0.29) is 22.6 Å². The molecule has 0 aromatic carbocycles. The van der Waals surface area contributed by atoms with Gasteiger partial charge in [0.15, 0.2) is 0 Å². The van der Waals surface area contributed by atoms with Crippen molar-refractivity contribution in [2.24, 2.45) is 0 Å². The number of nitrogens with zero attached hydrogens (tertiary/aromatic N) is 1. The largest absolute Gasteiger partial charge is 0.478 e. The lowest BCUT2D eigenvalue weighted by atomic mass is 10.3. The fourth-order valence-corrected chi connectivity index (χ4v) is 1.13. The Morgan fingerprint density at radius 3 is 2.79 bits per heavy atom. The second-order valence-corrected chi connectivity index (χ2v) is 3.33. The fourth-order valence-electron chi connectivity index (χ4n) is 0.895. The number of aromatic nitrogens is 1. The molecule has 1 aromatic heterocycles. The van der Waals surface area contributed by atoms with E-state index in [4.69, 9.17) is 21.4 Å². The number of hydrogen-bond donors (Lipinski definition) is 1. The summed E-state index contributed by atoms with van der Waals surface area (Å²) in [5.41, 5.74) is -0.00248. The predicted octanol–water partition coefficient (Wildman–Crippen LogP) is 2.22. The van der Waals surface area contributed by atoms with Crippen LogP contribution >= 0.6 is 11.6 Å². The van der Waals surface area contributed by atoms with E-state index in [1.54, 1.807) is 0 Å². The van der Waals surface area contributed by atoms with Gasteiger partial charge in [-0.2, -0.15) is 0 Å². The van der Waals surface area contributed by atoms with Crippen molar-refractivity contribution >= 4 is 17.6 Å². The van der Waals surface area contributed by atoms with E-state index >= 15 is 0 Å². The first kappa shape index (κ1) is 10.8. The summed E-state index contributed by atoms with van der Waals surface area (Å²) in [5, 5.41) is 8.79. The lowest BCUT2D eigenvalue weighted by Gasteiger charge is -2.10. The van der Waals surface area contributed by atoms with Crippen LogP contribution in [0.5, 0.6) is 5.88 Å². The molecule has 0 unspecified atom stereocenters. The van der Waals surface area contributed by atoms with Crippen LogP contribution in [0.15, 0.2) is 12.3 Å². The van der Waals surface area contributed by atoms with Gasteiger partial charge in [0, 0.05) is 6.20 Å². The summed E-state index contributed by atoms with van der Waals surface area (Å²) >= 11 is 5.78. The Hall–Kier alpha value is -1.29. The zero-order valence-electron chi connectivity index (χ0n) is 7.82. The molecule has 0 saturated carbocycles. The Kier molecular flexibility index (Phi) is 3.30. The minimum absolute atomic E-state index is 0.00248. The van der Waals surface area contributed by atoms with Gasteiger partial charge in [0.2, 0.25) is 5.88 Å². The predicted molar refractivity (Wildman–Crippen MR) is 52.0 cm³/mol. The third-order valence-corrected chi connectivity index (χ3v) is 1.80. The molecule has 0 fully saturated rings. The number of halogens is 1. The monoisotopic (exact) mass is 215 g/mol. The maximum Gasteiger partial charge on any atom is 0.337 e. The highest BCUT2D eigenvalue weighted by atomic mass is 35.5. The van der Waals surface area contributed by atoms with Gasteiger partial charge in [-0.1, -0.05) is 11.6 Å². The Bertz CT molecular complexity index is 352. The number of carboxylic acids is 1. The molecular weight excluding hydrogens is 206 g/mol. The van der Waals surface area contributed by atoms with Crippen molar-refractivity contribution in [2.45, 2.75) is 20.0 Å². The molecule has 76 valence electrons. The number of hydrogen-bond acceptors (Lipinski definition) is 3. The molecule has 0 aliphatic carbocycles. The van der Waals surface area contributed by atoms with E-state index in [0.29, 0.717) is 0 Å². The molecule has 1 heterocycles. The molecule has 1 N–H and O–H groups in total. The van der Waals surface area contributed by atoms with Crippen LogP contribution in [0.3, 0.4) is 0 Å². The molecule has 1 aromatic rings. The molecule has 0 radical (unpaired) electrons. The van der Waals surface area contributed by atoms with Crippen molar-refractivity contribution in [2.75, 3.05) is 0 Å². The summed E-state index contributed by atoms with van der Waals surface area (Å²) < 4.78 is 5.23. The molecule has 0 bridgehead atoms. The number of ether oxygens (including phenoxy) is 1. The highest BCUT2D eigenvalue weighted by Gasteiger charge is 2.14. The quantitative estimate of drug-likeness (QED) is 0.840. The average Bonchev–Trinajstić information content (AvgIpc) is 2.07. The van der Waals surface area contributed by atoms with Crippen LogP contribution in [0, 0.1) is 0 Å². The third kappa shape index (κ3) is 2.35. The second kappa shape index (κ2) is 4.28. The summed E-state index contributed by atoms with van der Waals surface area (Å²) in [6.07, 6.45) is 1.26. The highest BCUT2D eigenvalue weighted by molar-refractivity contribution is 6.34. The van der Waals surface area contributed by atoms with E-state index in [1.165, 1.54) is 12.3 Å². The maximum atomic E-state index is 10.7. The molecule has 0 spiro atoms. The number of carboxylic acid groups (broad SMARTS) is 1. The molecule has 5 heteroatoms. The van der Waals surface area contributed by atoms with Crippen LogP contribution in [0.2, 0.25) is 5.02 Å². The van der Waals surface area contributed by atoms with Gasteiger partial charge in [-0.05, 0) is 19.9 Å². The van der Waals surface area contributed by atoms with E-state index in [2.05, 4.69) is 4.98 Å². The first-order chi connectivity index (χ1) is 6.52. The standard InChI is InChI=1S/C9H10ClNO3/c1-5(2)14-8-7(10)6(9(12)13)3-4-11-8/h3-5H,1-2H3,(H,12,13). The summed E-state index contributed by atoms with van der Waals surface area (Å²) in [4.78, 5) is 14.5. The van der Waals surface area contributed by atoms with E-state index in [1.807, 2.05) is 13.8 Å². The van der Waals surface area contributed by atoms with Gasteiger partial charge < -0.3 is 9.84 Å². The molecule has 14 heavy (non-hydrogen) atoms. The van der Waals surface area contributed by atoms with Crippen LogP contribution in [0.1, 0.15) is 24.2 Å². The minimum atomic E-state index is -1.09. The zero-order chi connectivity index (χ0) is 10.7. The van der Waals surface area contributed by atoms with Gasteiger partial charge in [-0.3, -0.25) is 0 Å². The Balaban J connectivity index is 3.07. The zero-order valence-corrected chi connectivity index (χ0v) is 8.58. The summed E-state index contributed by atoms with van der Waals surface area (Å²) in [7, 11) is 0. The number of pyridine rings is 1. The van der Waals surface area contributed by atoms with Crippen LogP contribution in [-0.4, -0.2) is 22.2 Å². The lowest BCUT2D eigenvalue weighted by molar-refractivity contribution is 0.0696. The lowest BCUT2D eigenvalue weighted by Crippen LogP contribution is -2.09. The number of carbonyl (C=O) groups is 1. The van der Waals surface area contributed by atoms with Crippen LogP contribution in [0.4, 0.5) is 0 Å². The Morgan fingerprint density at radius 1 is 1.64 bits per heavy atom. The van der Waals surface area contributed by atoms with Gasteiger partial charge in [-0.15, -0.1) is 0 Å². The maximum absolute atomic E-state index is 10.7. The summed E-state index contributed by atoms with van der Waals surface area (Å²) in [5.74, 6) is -0.937. The van der Waals surface area contributed by atoms with Crippen molar-refractivity contribution < 1.29 is 14.6 Å². The molecule has 1 rings (SSSR count). The van der Waals surface area contributed by atoms with Gasteiger partial charge in [0.05, 0.1) is 11.7 Å². The Morgan fingerprint density at radius 2 is 2.29 bits per heavy atom. The molecule has 0 atom stereocenters. The van der Waals surface area contributed by atoms with Crippen molar-refractivity contribution in [3.63, 3.8) is 0 Å². The SMILES string of the molecule is CC(C)Oc1nccc(C(=O)O)c1Cl. The van der Waals surface area contributed by atoms with Crippen molar-refractivity contribution in [1.82, 2.24) is 4.98 Å². The Labute approximate surface area is 86.5 Å². The van der Waals surface area contributed by atoms with Crippen molar-refractivity contribution in [1.29, 1.82) is 0 Å². The first-order valence-electron chi connectivity index (χ1n) is 4.07. The van der Waals surface area contributed by atoms with E-state index < -0.39 is 5.97 Å². The second-order valence-electron chi connectivity index (χ2n) is 2.95. The molecule has 0 aliphatic rings. The van der Waals surface area contributed by atoms with Crippen LogP contribution in [-0.2, 0) is 0 Å². The van der Waals surface area contributed by atoms with E-state index in [0.717, 1.165) is 0 Å². The topological polar surface area (TPSA) is 59.4 Å². The summed E-state index contributed by atoms with van der Waals surface area (Å²) in [6, 6.07) is 1.33. The molecule has 0 aliphatic heterocycles. The van der Waals surface area contributed by atoms with Crippen LogP contribution in [0.25, 0.3) is 0 Å². The van der Waals surface area contributed by atoms with Gasteiger partial charge in [-0.25, -0.2) is 9.78 Å². The smallest absolute Gasteiger partial charge is 0.337 e. The fraction of sp³-hybridized carbons (Fsp3) is 0.333. The van der Waals surface area contributed by atoms with E-state index in [9.17, 15) is 4.79 Å². The first-order valence-corrected chi connectivity index (χ1v) is 4.44. The van der Waals surface area contributed by atoms with Gasteiger partial charge >= 0.3 is 5.97 Å².